The van der Waals surface area contributed by atoms with Crippen LogP contribution < -0.4 is 5.32 Å². The van der Waals surface area contributed by atoms with Crippen molar-refractivity contribution in [3.05, 3.63) is 68.4 Å². The van der Waals surface area contributed by atoms with Gasteiger partial charge < -0.3 is 5.32 Å². The number of tetrazole rings is 1. The van der Waals surface area contributed by atoms with E-state index in [9.17, 15) is 4.79 Å². The van der Waals surface area contributed by atoms with Gasteiger partial charge in [0.15, 0.2) is 5.82 Å². The molecule has 122 valence electrons. The summed E-state index contributed by atoms with van der Waals surface area (Å²) in [6, 6.07) is 12.2. The van der Waals surface area contributed by atoms with E-state index >= 15 is 0 Å². The third-order valence-electron chi connectivity index (χ3n) is 3.18. The van der Waals surface area contributed by atoms with Crippen LogP contribution in [0, 0.1) is 0 Å². The molecule has 24 heavy (non-hydrogen) atoms. The number of halogens is 3. The number of amides is 1. The van der Waals surface area contributed by atoms with Gasteiger partial charge in [0.05, 0.1) is 22.3 Å². The van der Waals surface area contributed by atoms with Gasteiger partial charge >= 0.3 is 0 Å². The molecule has 0 aliphatic carbocycles. The van der Waals surface area contributed by atoms with Crippen molar-refractivity contribution in [2.45, 2.75) is 6.54 Å². The Hall–Kier alpha value is -1.96. The normalized spacial score (nSPS) is 10.6. The molecule has 0 unspecified atom stereocenters. The van der Waals surface area contributed by atoms with E-state index in [1.165, 1.54) is 6.07 Å². The third-order valence-corrected chi connectivity index (χ3v) is 4.41. The minimum absolute atomic E-state index is 0.165. The predicted octanol–water partition coefficient (Wildman–Crippen LogP) is 3.66. The first kappa shape index (κ1) is 16.9. The summed E-state index contributed by atoms with van der Waals surface area (Å²) in [4.78, 5) is 12.2. The molecule has 6 nitrogen and oxygen atoms in total. The van der Waals surface area contributed by atoms with Crippen LogP contribution >= 0.6 is 39.1 Å². The molecule has 0 aliphatic heterocycles. The topological polar surface area (TPSA) is 72.7 Å². The smallest absolute Gasteiger partial charge is 0.251 e. The molecule has 3 rings (SSSR count). The minimum atomic E-state index is -0.294. The summed E-state index contributed by atoms with van der Waals surface area (Å²) in [5, 5.41) is 15.0. The van der Waals surface area contributed by atoms with Crippen LogP contribution in [-0.4, -0.2) is 26.1 Å². The Morgan fingerprint density at radius 1 is 1.17 bits per heavy atom. The molecule has 0 aliphatic rings. The quantitative estimate of drug-likeness (QED) is 0.690. The van der Waals surface area contributed by atoms with E-state index in [0.29, 0.717) is 21.4 Å². The van der Waals surface area contributed by atoms with Crippen molar-refractivity contribution in [1.29, 1.82) is 0 Å². The Bertz CT molecular complexity index is 899. The molecule has 0 fully saturated rings. The summed E-state index contributed by atoms with van der Waals surface area (Å²) < 4.78 is 2.46. The van der Waals surface area contributed by atoms with Gasteiger partial charge in [-0.25, -0.2) is 0 Å². The van der Waals surface area contributed by atoms with Gasteiger partial charge in [-0.1, -0.05) is 45.2 Å². The van der Waals surface area contributed by atoms with Crippen molar-refractivity contribution >= 4 is 45.0 Å². The van der Waals surface area contributed by atoms with E-state index in [1.807, 2.05) is 24.3 Å². The zero-order chi connectivity index (χ0) is 17.1. The second-order valence-corrected chi connectivity index (χ2v) is 6.53. The van der Waals surface area contributed by atoms with E-state index in [-0.39, 0.29) is 12.5 Å². The molecule has 3 aromatic rings. The number of benzene rings is 2. The maximum atomic E-state index is 12.2. The lowest BCUT2D eigenvalue weighted by Gasteiger charge is -2.07. The second-order valence-electron chi connectivity index (χ2n) is 4.80. The number of rotatable bonds is 4. The summed E-state index contributed by atoms with van der Waals surface area (Å²) >= 11 is 15.2. The van der Waals surface area contributed by atoms with Crippen molar-refractivity contribution in [3.8, 4) is 5.69 Å². The Labute approximate surface area is 155 Å². The molecule has 0 radical (unpaired) electrons. The average molecular weight is 427 g/mol. The van der Waals surface area contributed by atoms with Crippen LogP contribution in [0.5, 0.6) is 0 Å². The van der Waals surface area contributed by atoms with E-state index < -0.39 is 0 Å². The highest BCUT2D eigenvalue weighted by molar-refractivity contribution is 9.10. The fraction of sp³-hybridized carbons (Fsp3) is 0.0667. The maximum Gasteiger partial charge on any atom is 0.251 e. The molecule has 9 heteroatoms. The zero-order valence-corrected chi connectivity index (χ0v) is 15.2. The van der Waals surface area contributed by atoms with Gasteiger partial charge in [-0.05, 0) is 46.8 Å². The molecule has 1 heterocycles. The maximum absolute atomic E-state index is 12.2. The Kier molecular flexibility index (Phi) is 5.13. The van der Waals surface area contributed by atoms with E-state index in [0.717, 1.165) is 10.2 Å². The van der Waals surface area contributed by atoms with Crippen molar-refractivity contribution in [3.63, 3.8) is 0 Å². The molecule has 2 aromatic carbocycles. The fourth-order valence-corrected chi connectivity index (χ4v) is 2.71. The predicted molar refractivity (Wildman–Crippen MR) is 94.5 cm³/mol. The van der Waals surface area contributed by atoms with Crippen LogP contribution in [0.2, 0.25) is 10.0 Å². The highest BCUT2D eigenvalue weighted by Crippen LogP contribution is 2.22. The van der Waals surface area contributed by atoms with Gasteiger partial charge in [0.2, 0.25) is 0 Å². The molecule has 0 saturated heterocycles. The van der Waals surface area contributed by atoms with Crippen LogP contribution in [0.25, 0.3) is 5.69 Å². The summed E-state index contributed by atoms with van der Waals surface area (Å²) in [6.45, 7) is 0.165. The number of hydrogen-bond acceptors (Lipinski definition) is 4. The van der Waals surface area contributed by atoms with Gasteiger partial charge in [-0.3, -0.25) is 4.79 Å². The van der Waals surface area contributed by atoms with Gasteiger partial charge in [0.25, 0.3) is 5.91 Å². The first-order valence-corrected chi connectivity index (χ1v) is 8.36. The van der Waals surface area contributed by atoms with Crippen LogP contribution in [0.4, 0.5) is 0 Å². The van der Waals surface area contributed by atoms with Crippen LogP contribution in [0.3, 0.4) is 0 Å². The molecule has 0 saturated carbocycles. The number of hydrogen-bond donors (Lipinski definition) is 1. The molecule has 1 amide bonds. The molecule has 0 bridgehead atoms. The van der Waals surface area contributed by atoms with E-state index in [1.54, 1.807) is 16.8 Å². The molecule has 1 N–H and O–H groups in total. The largest absolute Gasteiger partial charge is 0.345 e. The Morgan fingerprint density at radius 2 is 2.00 bits per heavy atom. The summed E-state index contributed by atoms with van der Waals surface area (Å²) in [5.41, 5.74) is 1.19. The zero-order valence-electron chi connectivity index (χ0n) is 12.1. The van der Waals surface area contributed by atoms with Gasteiger partial charge in [0.1, 0.15) is 0 Å². The van der Waals surface area contributed by atoms with Gasteiger partial charge in [-0.2, -0.15) is 4.68 Å². The van der Waals surface area contributed by atoms with E-state index in [2.05, 4.69) is 36.8 Å². The van der Waals surface area contributed by atoms with Crippen LogP contribution in [0.1, 0.15) is 16.2 Å². The third kappa shape index (κ3) is 3.75. The summed E-state index contributed by atoms with van der Waals surface area (Å²) in [5.74, 6) is 0.207. The molecule has 0 atom stereocenters. The number of carbonyl (C=O) groups excluding carboxylic acids is 1. The number of nitrogens with one attached hydrogen (secondary N) is 1. The highest BCUT2D eigenvalue weighted by Gasteiger charge is 2.12. The minimum Gasteiger partial charge on any atom is -0.345 e. The molecular formula is C15H10BrCl2N5O. The van der Waals surface area contributed by atoms with Crippen molar-refractivity contribution < 1.29 is 4.79 Å². The van der Waals surface area contributed by atoms with Crippen molar-refractivity contribution in [2.24, 2.45) is 0 Å². The Balaban J connectivity index is 1.75. The van der Waals surface area contributed by atoms with Gasteiger partial charge in [-0.15, -0.1) is 5.10 Å². The van der Waals surface area contributed by atoms with Crippen molar-refractivity contribution in [2.75, 3.05) is 0 Å². The lowest BCUT2D eigenvalue weighted by atomic mass is 10.2. The number of nitrogens with zero attached hydrogens (tertiary/aromatic N) is 4. The second kappa shape index (κ2) is 7.29. The first-order chi connectivity index (χ1) is 11.5. The highest BCUT2D eigenvalue weighted by atomic mass is 79.9. The average Bonchev–Trinajstić information content (AvgIpc) is 3.03. The first-order valence-electron chi connectivity index (χ1n) is 6.81. The number of aromatic nitrogens is 4. The molecule has 0 spiro atoms. The SMILES string of the molecule is O=C(NCc1nnnn1-c1cccc(Br)c1)c1ccc(Cl)c(Cl)c1. The van der Waals surface area contributed by atoms with E-state index in [4.69, 9.17) is 23.2 Å². The molecule has 1 aromatic heterocycles. The lowest BCUT2D eigenvalue weighted by molar-refractivity contribution is 0.0949. The lowest BCUT2D eigenvalue weighted by Crippen LogP contribution is -2.24. The fourth-order valence-electron chi connectivity index (χ4n) is 2.02. The van der Waals surface area contributed by atoms with Crippen molar-refractivity contribution in [1.82, 2.24) is 25.5 Å². The summed E-state index contributed by atoms with van der Waals surface area (Å²) in [7, 11) is 0. The van der Waals surface area contributed by atoms with Crippen LogP contribution in [-0.2, 0) is 6.54 Å². The summed E-state index contributed by atoms with van der Waals surface area (Å²) in [6.07, 6.45) is 0. The van der Waals surface area contributed by atoms with Gasteiger partial charge in [0, 0.05) is 10.0 Å². The monoisotopic (exact) mass is 425 g/mol. The molecular weight excluding hydrogens is 417 g/mol. The Morgan fingerprint density at radius 3 is 2.75 bits per heavy atom. The number of carbonyl (C=O) groups is 1. The van der Waals surface area contributed by atoms with Crippen LogP contribution in [0.15, 0.2) is 46.9 Å². The standard InChI is InChI=1S/C15H10BrCl2N5O/c16-10-2-1-3-11(7-10)23-14(20-21-22-23)8-19-15(24)9-4-5-12(17)13(18)6-9/h1-7H,8H2,(H,19,24).